The van der Waals surface area contributed by atoms with E-state index in [9.17, 15) is 14.4 Å². The number of rotatable bonds is 5. The van der Waals surface area contributed by atoms with Crippen molar-refractivity contribution in [1.29, 1.82) is 0 Å². The maximum absolute atomic E-state index is 13.2. The predicted molar refractivity (Wildman–Crippen MR) is 93.4 cm³/mol. The molecule has 8 heteroatoms. The Labute approximate surface area is 154 Å². The highest BCUT2D eigenvalue weighted by Crippen LogP contribution is 2.43. The Morgan fingerprint density at radius 1 is 1.27 bits per heavy atom. The molecule has 2 heterocycles. The third-order valence-electron chi connectivity index (χ3n) is 5.30. The van der Waals surface area contributed by atoms with E-state index in [1.54, 1.807) is 11.8 Å². The van der Waals surface area contributed by atoms with Crippen LogP contribution >= 0.6 is 0 Å². The molecule has 0 saturated carbocycles. The summed E-state index contributed by atoms with van der Waals surface area (Å²) < 4.78 is 15.3. The molecule has 1 unspecified atom stereocenters. The highest BCUT2D eigenvalue weighted by molar-refractivity contribution is 5.90. The lowest BCUT2D eigenvalue weighted by molar-refractivity contribution is -0.153. The lowest BCUT2D eigenvalue weighted by atomic mass is 9.78. The summed E-state index contributed by atoms with van der Waals surface area (Å²) in [6, 6.07) is -1.38. The first-order chi connectivity index (χ1) is 12.3. The summed E-state index contributed by atoms with van der Waals surface area (Å²) in [5.41, 5.74) is -0.127. The van der Waals surface area contributed by atoms with Crippen LogP contribution in [0.5, 0.6) is 0 Å². The maximum Gasteiger partial charge on any atom is 0.407 e. The van der Waals surface area contributed by atoms with Gasteiger partial charge in [-0.1, -0.05) is 13.8 Å². The molecule has 2 atom stereocenters. The molecule has 8 nitrogen and oxygen atoms in total. The second-order valence-electron chi connectivity index (χ2n) is 7.41. The predicted octanol–water partition coefficient (Wildman–Crippen LogP) is 1.33. The van der Waals surface area contributed by atoms with Gasteiger partial charge in [-0.2, -0.15) is 0 Å². The van der Waals surface area contributed by atoms with E-state index >= 15 is 0 Å². The van der Waals surface area contributed by atoms with Gasteiger partial charge < -0.3 is 24.4 Å². The molecule has 2 fully saturated rings. The third kappa shape index (κ3) is 4.47. The highest BCUT2D eigenvalue weighted by Gasteiger charge is 2.51. The van der Waals surface area contributed by atoms with Crippen LogP contribution in [0.25, 0.3) is 0 Å². The molecule has 2 rings (SSSR count). The van der Waals surface area contributed by atoms with E-state index < -0.39 is 18.2 Å². The molecule has 1 spiro atoms. The highest BCUT2D eigenvalue weighted by atomic mass is 16.5. The van der Waals surface area contributed by atoms with E-state index in [0.29, 0.717) is 26.2 Å². The molecule has 148 valence electrons. The van der Waals surface area contributed by atoms with Gasteiger partial charge in [-0.15, -0.1) is 0 Å². The molecule has 0 aromatic heterocycles. The van der Waals surface area contributed by atoms with Gasteiger partial charge in [-0.3, -0.25) is 4.79 Å². The average molecular weight is 370 g/mol. The fourth-order valence-electron chi connectivity index (χ4n) is 3.78. The summed E-state index contributed by atoms with van der Waals surface area (Å²) in [4.78, 5) is 38.9. The number of methoxy groups -OCH3 is 1. The number of ether oxygens (including phenoxy) is 3. The van der Waals surface area contributed by atoms with Crippen molar-refractivity contribution in [3.63, 3.8) is 0 Å². The van der Waals surface area contributed by atoms with Crippen molar-refractivity contribution >= 4 is 18.0 Å². The monoisotopic (exact) mass is 370 g/mol. The van der Waals surface area contributed by atoms with E-state index in [1.165, 1.54) is 7.11 Å². The van der Waals surface area contributed by atoms with Crippen LogP contribution in [0, 0.1) is 11.3 Å². The Balaban J connectivity index is 2.24. The van der Waals surface area contributed by atoms with Crippen molar-refractivity contribution in [2.75, 3.05) is 33.5 Å². The van der Waals surface area contributed by atoms with Crippen LogP contribution in [-0.4, -0.2) is 68.4 Å². The van der Waals surface area contributed by atoms with Gasteiger partial charge >= 0.3 is 12.1 Å². The first kappa shape index (κ1) is 20.5. The van der Waals surface area contributed by atoms with E-state index in [1.807, 2.05) is 13.8 Å². The van der Waals surface area contributed by atoms with Crippen molar-refractivity contribution in [3.05, 3.63) is 0 Å². The number of carbonyl (C=O) groups is 3. The molecule has 2 aliphatic rings. The average Bonchev–Trinajstić information content (AvgIpc) is 2.98. The zero-order chi connectivity index (χ0) is 19.3. The van der Waals surface area contributed by atoms with Gasteiger partial charge in [0.15, 0.2) is 0 Å². The minimum absolute atomic E-state index is 0.127. The zero-order valence-corrected chi connectivity index (χ0v) is 16.1. The third-order valence-corrected chi connectivity index (χ3v) is 5.30. The van der Waals surface area contributed by atoms with E-state index in [0.717, 1.165) is 12.8 Å². The van der Waals surface area contributed by atoms with Crippen molar-refractivity contribution in [1.82, 2.24) is 10.2 Å². The van der Waals surface area contributed by atoms with Gasteiger partial charge in [0.2, 0.25) is 5.91 Å². The summed E-state index contributed by atoms with van der Waals surface area (Å²) in [6.07, 6.45) is 1.53. The number of esters is 1. The number of alkyl carbamates (subject to hydrolysis) is 1. The van der Waals surface area contributed by atoms with Crippen molar-refractivity contribution < 1.29 is 28.6 Å². The van der Waals surface area contributed by atoms with Crippen LogP contribution in [-0.2, 0) is 23.8 Å². The molecule has 0 radical (unpaired) electrons. The Kier molecular flexibility index (Phi) is 6.86. The topological polar surface area (TPSA) is 94.2 Å². The maximum atomic E-state index is 13.2. The minimum atomic E-state index is -0.755. The van der Waals surface area contributed by atoms with Crippen LogP contribution in [0.4, 0.5) is 4.79 Å². The molecule has 26 heavy (non-hydrogen) atoms. The Morgan fingerprint density at radius 2 is 1.92 bits per heavy atom. The standard InChI is InChI=1S/C18H30N2O6/c1-5-26-16(22)13-10-18(6-8-25-9-7-18)11-20(13)15(21)14(12(2)3)19-17(23)24-4/h12-14H,5-11H2,1-4H3,(H,19,23)/t13?,14-/m0/s1. The molecule has 1 N–H and O–H groups in total. The van der Waals surface area contributed by atoms with E-state index in [4.69, 9.17) is 9.47 Å². The summed E-state index contributed by atoms with van der Waals surface area (Å²) >= 11 is 0. The number of nitrogens with zero attached hydrogens (tertiary/aromatic N) is 1. The fourth-order valence-corrected chi connectivity index (χ4v) is 3.78. The molecule has 2 saturated heterocycles. The second-order valence-corrected chi connectivity index (χ2v) is 7.41. The van der Waals surface area contributed by atoms with Crippen molar-refractivity contribution in [2.24, 2.45) is 11.3 Å². The molecule has 0 aliphatic carbocycles. The van der Waals surface area contributed by atoms with Crippen LogP contribution in [0.2, 0.25) is 0 Å². The summed E-state index contributed by atoms with van der Waals surface area (Å²) in [6.45, 7) is 7.44. The number of likely N-dealkylation sites (tertiary alicyclic amines) is 1. The van der Waals surface area contributed by atoms with Gasteiger partial charge in [0.25, 0.3) is 0 Å². The Hall–Kier alpha value is -1.83. The normalized spacial score (nSPS) is 23.0. The van der Waals surface area contributed by atoms with Crippen LogP contribution in [0.1, 0.15) is 40.0 Å². The lowest BCUT2D eigenvalue weighted by Crippen LogP contribution is -2.54. The first-order valence-corrected chi connectivity index (χ1v) is 9.23. The van der Waals surface area contributed by atoms with Crippen LogP contribution in [0.3, 0.4) is 0 Å². The zero-order valence-electron chi connectivity index (χ0n) is 16.1. The van der Waals surface area contributed by atoms with Gasteiger partial charge in [0.05, 0.1) is 13.7 Å². The van der Waals surface area contributed by atoms with Crippen LogP contribution < -0.4 is 5.32 Å². The van der Waals surface area contributed by atoms with Gasteiger partial charge in [-0.05, 0) is 37.5 Å². The second kappa shape index (κ2) is 8.70. The fraction of sp³-hybridized carbons (Fsp3) is 0.833. The minimum Gasteiger partial charge on any atom is -0.464 e. The Bertz CT molecular complexity index is 530. The van der Waals surface area contributed by atoms with Crippen molar-refractivity contribution in [3.8, 4) is 0 Å². The molecule has 2 aliphatic heterocycles. The quantitative estimate of drug-likeness (QED) is 0.734. The van der Waals surface area contributed by atoms with Gasteiger partial charge in [0.1, 0.15) is 12.1 Å². The summed E-state index contributed by atoms with van der Waals surface area (Å²) in [5.74, 6) is -0.799. The SMILES string of the molecule is CCOC(=O)C1CC2(CCOCC2)CN1C(=O)[C@@H](NC(=O)OC)C(C)C. The van der Waals surface area contributed by atoms with E-state index in [-0.39, 0.29) is 29.8 Å². The van der Waals surface area contributed by atoms with E-state index in [2.05, 4.69) is 10.1 Å². The number of carbonyl (C=O) groups excluding carboxylic acids is 3. The largest absolute Gasteiger partial charge is 0.464 e. The first-order valence-electron chi connectivity index (χ1n) is 9.23. The molecule has 0 aromatic carbocycles. The summed E-state index contributed by atoms with van der Waals surface area (Å²) in [7, 11) is 1.26. The molecule has 0 bridgehead atoms. The molecular weight excluding hydrogens is 340 g/mol. The number of hydrogen-bond acceptors (Lipinski definition) is 6. The summed E-state index contributed by atoms with van der Waals surface area (Å²) in [5, 5.41) is 2.60. The number of amides is 2. The molecule has 2 amide bonds. The molecule has 0 aromatic rings. The van der Waals surface area contributed by atoms with Gasteiger partial charge in [-0.25, -0.2) is 9.59 Å². The van der Waals surface area contributed by atoms with Crippen molar-refractivity contribution in [2.45, 2.75) is 52.1 Å². The van der Waals surface area contributed by atoms with Gasteiger partial charge in [0, 0.05) is 19.8 Å². The smallest absolute Gasteiger partial charge is 0.407 e. The van der Waals surface area contributed by atoms with Crippen LogP contribution in [0.15, 0.2) is 0 Å². The molecular formula is C18H30N2O6. The Morgan fingerprint density at radius 3 is 2.46 bits per heavy atom. The lowest BCUT2D eigenvalue weighted by Gasteiger charge is -2.34. The number of hydrogen-bond donors (Lipinski definition) is 1. The number of nitrogens with one attached hydrogen (secondary N) is 1.